The van der Waals surface area contributed by atoms with Gasteiger partial charge in [0.15, 0.2) is 11.5 Å². The van der Waals surface area contributed by atoms with Crippen LogP contribution in [0.15, 0.2) is 66.2 Å². The molecule has 3 aliphatic rings. The quantitative estimate of drug-likeness (QED) is 0.171. The van der Waals surface area contributed by atoms with Gasteiger partial charge in [0.25, 0.3) is 5.56 Å². The summed E-state index contributed by atoms with van der Waals surface area (Å²) in [6, 6.07) is 8.71. The minimum absolute atomic E-state index is 0.0178. The Balaban J connectivity index is 1.12. The summed E-state index contributed by atoms with van der Waals surface area (Å²) in [4.78, 5) is 49.9. The Morgan fingerprint density at radius 1 is 0.927 bits per heavy atom. The van der Waals surface area contributed by atoms with Crippen LogP contribution in [-0.4, -0.2) is 80.1 Å². The Hall–Kier alpha value is -6.13. The summed E-state index contributed by atoms with van der Waals surface area (Å²) >= 11 is 0. The number of amides is 1. The lowest BCUT2D eigenvalue weighted by atomic mass is 10.1. The number of piperidine rings is 1. The zero-order chi connectivity index (χ0) is 38.0. The van der Waals surface area contributed by atoms with Gasteiger partial charge in [0.1, 0.15) is 23.4 Å². The smallest absolute Gasteiger partial charge is 0.434 e. The first-order valence-electron chi connectivity index (χ1n) is 18.1. The molecule has 0 spiro atoms. The number of benzene rings is 1. The number of pyridine rings is 1. The fourth-order valence-corrected chi connectivity index (χ4v) is 7.36. The number of ether oxygens (including phenoxy) is 1. The first-order chi connectivity index (χ1) is 26.6. The maximum absolute atomic E-state index is 14.6. The molecule has 2 aliphatic carbocycles. The van der Waals surface area contributed by atoms with Gasteiger partial charge in [-0.15, -0.1) is 0 Å². The summed E-state index contributed by atoms with van der Waals surface area (Å²) in [5.41, 5.74) is 2.67. The van der Waals surface area contributed by atoms with Gasteiger partial charge in [-0.25, -0.2) is 29.7 Å². The number of methoxy groups -OCH3 is 1. The van der Waals surface area contributed by atoms with Gasteiger partial charge in [-0.3, -0.25) is 14.0 Å². The van der Waals surface area contributed by atoms with Crippen molar-refractivity contribution in [2.45, 2.75) is 69.2 Å². The second kappa shape index (κ2) is 13.3. The van der Waals surface area contributed by atoms with E-state index in [0.29, 0.717) is 76.5 Å². The van der Waals surface area contributed by atoms with Gasteiger partial charge in [-0.05, 0) is 50.2 Å². The van der Waals surface area contributed by atoms with Crippen molar-refractivity contribution >= 4 is 17.1 Å². The highest BCUT2D eigenvalue weighted by Crippen LogP contribution is 2.45. The molecule has 9 rings (SSSR count). The molecule has 0 radical (unpaired) electrons. The lowest BCUT2D eigenvalue weighted by molar-refractivity contribution is -0.140. The molecule has 5 aromatic heterocycles. The van der Waals surface area contributed by atoms with E-state index in [1.54, 1.807) is 56.5 Å². The number of hydrogen-bond donors (Lipinski definition) is 1. The molecular weight excluding hydrogens is 717 g/mol. The van der Waals surface area contributed by atoms with Crippen molar-refractivity contribution in [2.24, 2.45) is 0 Å². The van der Waals surface area contributed by atoms with Crippen LogP contribution in [0, 0.1) is 0 Å². The summed E-state index contributed by atoms with van der Waals surface area (Å²) in [5.74, 6) is 1.12. The zero-order valence-electron chi connectivity index (χ0n) is 29.6. The van der Waals surface area contributed by atoms with Crippen molar-refractivity contribution in [3.05, 3.63) is 88.8 Å². The number of fused-ring (bicyclic) bond motifs is 1. The standard InChI is InChI=1S/C38H35F3N10O4/c1-55-35-30(31(22-6-7-22)43-20-44-35)32-42-15-24-14-28(25-16-45-51(18-25)27-10-12-48(13-11-27)37(53)54)36(52)50(34(24)47-32)17-21-2-4-23(5-3-21)33-46-29(38(39,40)41)19-49(33)26-8-9-26/h2-5,14-16,18-20,22,26-27H,6-13,17H2,1H3,(H,53,54). The van der Waals surface area contributed by atoms with E-state index in [1.165, 1.54) is 18.3 Å². The summed E-state index contributed by atoms with van der Waals surface area (Å²) in [6.45, 7) is 0.870. The third kappa shape index (κ3) is 6.56. The van der Waals surface area contributed by atoms with E-state index in [2.05, 4.69) is 20.1 Å². The highest BCUT2D eigenvalue weighted by atomic mass is 19.4. The van der Waals surface area contributed by atoms with E-state index < -0.39 is 18.0 Å². The first kappa shape index (κ1) is 34.6. The van der Waals surface area contributed by atoms with Gasteiger partial charge in [-0.2, -0.15) is 18.3 Å². The van der Waals surface area contributed by atoms with Crippen LogP contribution < -0.4 is 10.3 Å². The average Bonchev–Trinajstić information content (AvgIpc) is 4.12. The molecule has 1 saturated heterocycles. The molecule has 282 valence electrons. The topological polar surface area (TPSA) is 159 Å². The summed E-state index contributed by atoms with van der Waals surface area (Å²) in [5, 5.41) is 14.5. The van der Waals surface area contributed by atoms with Gasteiger partial charge < -0.3 is 19.3 Å². The van der Waals surface area contributed by atoms with Crippen LogP contribution in [0.1, 0.15) is 73.5 Å². The maximum Gasteiger partial charge on any atom is 0.434 e. The molecule has 1 amide bonds. The van der Waals surface area contributed by atoms with E-state index in [1.807, 2.05) is 6.20 Å². The molecule has 2 saturated carbocycles. The minimum atomic E-state index is -4.56. The highest BCUT2D eigenvalue weighted by molar-refractivity contribution is 5.83. The lowest BCUT2D eigenvalue weighted by Gasteiger charge is -2.30. The van der Waals surface area contributed by atoms with Crippen molar-refractivity contribution in [2.75, 3.05) is 20.2 Å². The average molecular weight is 753 g/mol. The fraction of sp³-hybridized carbons (Fsp3) is 0.368. The Morgan fingerprint density at radius 2 is 1.69 bits per heavy atom. The lowest BCUT2D eigenvalue weighted by Crippen LogP contribution is -2.38. The molecule has 0 unspecified atom stereocenters. The molecule has 6 aromatic rings. The van der Waals surface area contributed by atoms with E-state index in [4.69, 9.17) is 14.7 Å². The van der Waals surface area contributed by atoms with Crippen LogP contribution in [-0.2, 0) is 12.7 Å². The number of halogens is 3. The Bertz CT molecular complexity index is 2500. The second-order valence-corrected chi connectivity index (χ2v) is 14.3. The Kier molecular flexibility index (Phi) is 8.38. The Morgan fingerprint density at radius 3 is 2.36 bits per heavy atom. The number of aromatic nitrogens is 9. The second-order valence-electron chi connectivity index (χ2n) is 14.3. The minimum Gasteiger partial charge on any atom is -0.480 e. The number of alkyl halides is 3. The zero-order valence-corrected chi connectivity index (χ0v) is 29.6. The van der Waals surface area contributed by atoms with Gasteiger partial charge in [0, 0.05) is 60.2 Å². The number of hydrogen-bond acceptors (Lipinski definition) is 9. The van der Waals surface area contributed by atoms with Crippen molar-refractivity contribution in [3.8, 4) is 39.8 Å². The number of likely N-dealkylation sites (tertiary alicyclic amines) is 1. The van der Waals surface area contributed by atoms with Gasteiger partial charge in [0.05, 0.1) is 37.2 Å². The van der Waals surface area contributed by atoms with E-state index in [0.717, 1.165) is 37.6 Å². The molecule has 1 aromatic carbocycles. The molecule has 14 nitrogen and oxygen atoms in total. The molecule has 0 bridgehead atoms. The van der Waals surface area contributed by atoms with Crippen LogP contribution in [0.5, 0.6) is 5.88 Å². The molecule has 55 heavy (non-hydrogen) atoms. The molecule has 3 fully saturated rings. The van der Waals surface area contributed by atoms with E-state index in [-0.39, 0.29) is 35.9 Å². The predicted octanol–water partition coefficient (Wildman–Crippen LogP) is 6.58. The van der Waals surface area contributed by atoms with Crippen LogP contribution in [0.2, 0.25) is 0 Å². The monoisotopic (exact) mass is 752 g/mol. The van der Waals surface area contributed by atoms with Crippen LogP contribution in [0.25, 0.3) is 44.9 Å². The van der Waals surface area contributed by atoms with Crippen molar-refractivity contribution < 1.29 is 27.8 Å². The molecule has 1 N–H and O–H groups in total. The van der Waals surface area contributed by atoms with Crippen LogP contribution in [0.3, 0.4) is 0 Å². The Labute approximate surface area is 311 Å². The highest BCUT2D eigenvalue weighted by Gasteiger charge is 2.37. The molecule has 17 heteroatoms. The molecule has 6 heterocycles. The number of nitrogens with zero attached hydrogens (tertiary/aromatic N) is 10. The summed E-state index contributed by atoms with van der Waals surface area (Å²) in [7, 11) is 1.52. The van der Waals surface area contributed by atoms with Gasteiger partial charge in [-0.1, -0.05) is 24.3 Å². The van der Waals surface area contributed by atoms with Crippen molar-refractivity contribution in [1.82, 2.24) is 48.7 Å². The van der Waals surface area contributed by atoms with Gasteiger partial charge >= 0.3 is 12.3 Å². The van der Waals surface area contributed by atoms with Crippen molar-refractivity contribution in [1.29, 1.82) is 0 Å². The van der Waals surface area contributed by atoms with E-state index in [9.17, 15) is 27.9 Å². The van der Waals surface area contributed by atoms with Crippen LogP contribution in [0.4, 0.5) is 18.0 Å². The molecular formula is C38H35F3N10O4. The van der Waals surface area contributed by atoms with Crippen molar-refractivity contribution in [3.63, 3.8) is 0 Å². The first-order valence-corrected chi connectivity index (χ1v) is 18.1. The fourth-order valence-electron chi connectivity index (χ4n) is 7.36. The normalized spacial score (nSPS) is 16.5. The SMILES string of the molecule is COc1ncnc(C2CC2)c1-c1ncc2cc(-c3cnn(C4CCN(C(=O)O)CC4)c3)c(=O)n(Cc3ccc(-c4nc(C(F)(F)F)cn4C4CC4)cc3)c2n1. The number of rotatable bonds is 9. The van der Waals surface area contributed by atoms with E-state index >= 15 is 0 Å². The third-order valence-electron chi connectivity index (χ3n) is 10.6. The maximum atomic E-state index is 14.6. The predicted molar refractivity (Wildman–Crippen MR) is 192 cm³/mol. The number of imidazole rings is 1. The third-order valence-corrected chi connectivity index (χ3v) is 10.6. The van der Waals surface area contributed by atoms with Gasteiger partial charge in [0.2, 0.25) is 5.88 Å². The summed E-state index contributed by atoms with van der Waals surface area (Å²) < 4.78 is 51.5. The summed E-state index contributed by atoms with van der Waals surface area (Å²) in [6.07, 6.45) is 6.84. The molecule has 1 aliphatic heterocycles. The number of carboxylic acid groups (broad SMARTS) is 1. The molecule has 0 atom stereocenters. The number of carbonyl (C=O) groups is 1. The largest absolute Gasteiger partial charge is 0.480 e. The van der Waals surface area contributed by atoms with Crippen LogP contribution >= 0.6 is 0 Å².